The number of hydrogen-bond donors (Lipinski definition) is 1. The van der Waals surface area contributed by atoms with Crippen molar-refractivity contribution >= 4 is 23.8 Å². The zero-order valence-electron chi connectivity index (χ0n) is 10.7. The second-order valence-electron chi connectivity index (χ2n) is 3.37. The molecule has 0 aromatic rings. The number of hydrogen-bond acceptors (Lipinski definition) is 5. The molecule has 0 aliphatic carbocycles. The molecule has 0 rings (SSSR count). The normalized spacial score (nSPS) is 11.7. The van der Waals surface area contributed by atoms with Gasteiger partial charge in [-0.15, -0.1) is 0 Å². The van der Waals surface area contributed by atoms with E-state index in [0.717, 1.165) is 12.2 Å². The molecule has 6 heteroatoms. The maximum absolute atomic E-state index is 11.6. The number of nitrogens with one attached hydrogen (secondary N) is 1. The topological polar surface area (TPSA) is 64.6 Å². The van der Waals surface area contributed by atoms with Crippen LogP contribution < -0.4 is 5.32 Å². The van der Waals surface area contributed by atoms with E-state index in [9.17, 15) is 9.59 Å². The van der Waals surface area contributed by atoms with Gasteiger partial charge < -0.3 is 14.8 Å². The van der Waals surface area contributed by atoms with Gasteiger partial charge >= 0.3 is 12.1 Å². The molecule has 0 heterocycles. The smallest absolute Gasteiger partial charge is 0.407 e. The quantitative estimate of drug-likeness (QED) is 0.677. The number of esters is 1. The van der Waals surface area contributed by atoms with Crippen LogP contribution in [0.25, 0.3) is 0 Å². The lowest BCUT2D eigenvalue weighted by molar-refractivity contribution is -0.145. The third-order valence-electron chi connectivity index (χ3n) is 1.91. The maximum atomic E-state index is 11.6. The average Bonchev–Trinajstić information content (AvgIpc) is 2.32. The van der Waals surface area contributed by atoms with Crippen molar-refractivity contribution < 1.29 is 19.1 Å². The van der Waals surface area contributed by atoms with Gasteiger partial charge in [0.05, 0.1) is 13.2 Å². The Labute approximate surface area is 107 Å². The van der Waals surface area contributed by atoms with Crippen LogP contribution in [0.4, 0.5) is 4.79 Å². The predicted molar refractivity (Wildman–Crippen MR) is 68.2 cm³/mol. The summed E-state index contributed by atoms with van der Waals surface area (Å²) in [7, 11) is 0. The number of carbonyl (C=O) groups is 2. The molecular formula is C11H21NO4S. The van der Waals surface area contributed by atoms with E-state index in [2.05, 4.69) is 5.32 Å². The molecule has 1 atom stereocenters. The minimum absolute atomic E-state index is 0.306. The Morgan fingerprint density at radius 3 is 2.53 bits per heavy atom. The van der Waals surface area contributed by atoms with Crippen molar-refractivity contribution in [2.75, 3.05) is 25.2 Å². The van der Waals surface area contributed by atoms with E-state index < -0.39 is 18.1 Å². The highest BCUT2D eigenvalue weighted by Crippen LogP contribution is 2.03. The molecule has 0 aromatic carbocycles. The first-order valence-corrected chi connectivity index (χ1v) is 7.13. The van der Waals surface area contributed by atoms with Gasteiger partial charge in [-0.25, -0.2) is 9.59 Å². The molecule has 100 valence electrons. The highest BCUT2D eigenvalue weighted by Gasteiger charge is 2.21. The van der Waals surface area contributed by atoms with Crippen LogP contribution in [0.1, 0.15) is 26.7 Å². The first-order valence-electron chi connectivity index (χ1n) is 5.74. The van der Waals surface area contributed by atoms with E-state index in [0.29, 0.717) is 19.6 Å². The van der Waals surface area contributed by atoms with Gasteiger partial charge in [-0.1, -0.05) is 6.92 Å². The van der Waals surface area contributed by atoms with Gasteiger partial charge in [0.25, 0.3) is 0 Å². The molecule has 0 saturated heterocycles. The molecule has 17 heavy (non-hydrogen) atoms. The fraction of sp³-hybridized carbons (Fsp3) is 0.818. The van der Waals surface area contributed by atoms with Crippen molar-refractivity contribution in [2.45, 2.75) is 32.7 Å². The summed E-state index contributed by atoms with van der Waals surface area (Å²) in [6, 6.07) is -0.619. The molecule has 0 aromatic heterocycles. The van der Waals surface area contributed by atoms with E-state index in [-0.39, 0.29) is 0 Å². The molecule has 5 nitrogen and oxygen atoms in total. The summed E-state index contributed by atoms with van der Waals surface area (Å²) in [6.45, 7) is 4.30. The first-order chi connectivity index (χ1) is 8.15. The third kappa shape index (κ3) is 7.90. The first kappa shape index (κ1) is 16.1. The van der Waals surface area contributed by atoms with Crippen molar-refractivity contribution in [1.82, 2.24) is 5.32 Å². The Kier molecular flexibility index (Phi) is 9.71. The van der Waals surface area contributed by atoms with E-state index in [4.69, 9.17) is 9.47 Å². The van der Waals surface area contributed by atoms with Crippen LogP contribution in [0.5, 0.6) is 0 Å². The number of rotatable bonds is 8. The largest absolute Gasteiger partial charge is 0.464 e. The Morgan fingerprint density at radius 1 is 1.29 bits per heavy atom. The Morgan fingerprint density at radius 2 is 2.00 bits per heavy atom. The molecule has 1 N–H and O–H groups in total. The second-order valence-corrected chi connectivity index (χ2v) is 4.35. The highest BCUT2D eigenvalue weighted by atomic mass is 32.2. The van der Waals surface area contributed by atoms with E-state index in [1.807, 2.05) is 13.2 Å². The Bertz CT molecular complexity index is 236. The summed E-state index contributed by atoms with van der Waals surface area (Å²) in [5, 5.41) is 2.52. The van der Waals surface area contributed by atoms with Crippen molar-refractivity contribution in [3.05, 3.63) is 0 Å². The van der Waals surface area contributed by atoms with Gasteiger partial charge in [-0.2, -0.15) is 11.8 Å². The molecule has 0 aliphatic heterocycles. The minimum atomic E-state index is -0.619. The van der Waals surface area contributed by atoms with Gasteiger partial charge in [0.2, 0.25) is 0 Å². The van der Waals surface area contributed by atoms with E-state index >= 15 is 0 Å². The van der Waals surface area contributed by atoms with Crippen molar-refractivity contribution in [3.63, 3.8) is 0 Å². The maximum Gasteiger partial charge on any atom is 0.407 e. The van der Waals surface area contributed by atoms with Crippen LogP contribution in [-0.2, 0) is 14.3 Å². The molecule has 0 bridgehead atoms. The highest BCUT2D eigenvalue weighted by molar-refractivity contribution is 7.98. The van der Waals surface area contributed by atoms with E-state index in [1.165, 1.54) is 0 Å². The van der Waals surface area contributed by atoms with Gasteiger partial charge in [0, 0.05) is 0 Å². The lowest BCUT2D eigenvalue weighted by Crippen LogP contribution is -2.42. The van der Waals surface area contributed by atoms with Crippen molar-refractivity contribution in [2.24, 2.45) is 0 Å². The van der Waals surface area contributed by atoms with Crippen LogP contribution in [-0.4, -0.2) is 43.3 Å². The minimum Gasteiger partial charge on any atom is -0.464 e. The fourth-order valence-corrected chi connectivity index (χ4v) is 1.58. The average molecular weight is 263 g/mol. The summed E-state index contributed by atoms with van der Waals surface area (Å²) in [4.78, 5) is 22.9. The summed E-state index contributed by atoms with van der Waals surface area (Å²) in [6.07, 6.45) is 2.67. The second kappa shape index (κ2) is 10.3. The lowest BCUT2D eigenvalue weighted by Gasteiger charge is -2.16. The Balaban J connectivity index is 4.16. The molecule has 0 radical (unpaired) electrons. The summed E-state index contributed by atoms with van der Waals surface area (Å²) >= 11 is 1.61. The number of ether oxygens (including phenoxy) is 2. The van der Waals surface area contributed by atoms with Crippen LogP contribution in [0.15, 0.2) is 0 Å². The molecule has 0 aliphatic rings. The van der Waals surface area contributed by atoms with Gasteiger partial charge in [0.1, 0.15) is 6.04 Å². The number of alkyl carbamates (subject to hydrolysis) is 1. The molecule has 1 unspecified atom stereocenters. The van der Waals surface area contributed by atoms with Gasteiger partial charge in [0.15, 0.2) is 0 Å². The SMILES string of the molecule is CCCOC(=O)NC(CCSC)C(=O)OCC. The van der Waals surface area contributed by atoms with E-state index in [1.54, 1.807) is 18.7 Å². The van der Waals surface area contributed by atoms with Crippen LogP contribution >= 0.6 is 11.8 Å². The number of amides is 1. The predicted octanol–water partition coefficient (Wildman–Crippen LogP) is 1.81. The van der Waals surface area contributed by atoms with Crippen LogP contribution in [0.2, 0.25) is 0 Å². The zero-order chi connectivity index (χ0) is 13.1. The number of thioether (sulfide) groups is 1. The molecule has 0 fully saturated rings. The van der Waals surface area contributed by atoms with Crippen LogP contribution in [0, 0.1) is 0 Å². The lowest BCUT2D eigenvalue weighted by atomic mass is 10.2. The summed E-state index contributed by atoms with van der Waals surface area (Å²) in [5.74, 6) is 0.368. The van der Waals surface area contributed by atoms with Gasteiger partial charge in [-0.3, -0.25) is 0 Å². The van der Waals surface area contributed by atoms with Crippen LogP contribution in [0.3, 0.4) is 0 Å². The Hall–Kier alpha value is -0.910. The number of carbonyl (C=O) groups excluding carboxylic acids is 2. The summed E-state index contributed by atoms with van der Waals surface area (Å²) in [5.41, 5.74) is 0. The van der Waals surface area contributed by atoms with Gasteiger partial charge in [-0.05, 0) is 31.8 Å². The molecular weight excluding hydrogens is 242 g/mol. The molecule has 0 spiro atoms. The summed E-state index contributed by atoms with van der Waals surface area (Å²) < 4.78 is 9.75. The third-order valence-corrected chi connectivity index (χ3v) is 2.56. The zero-order valence-corrected chi connectivity index (χ0v) is 11.5. The standard InChI is InChI=1S/C11H21NO4S/c1-4-7-16-11(14)12-9(6-8-17-3)10(13)15-5-2/h9H,4-8H2,1-3H3,(H,12,14). The monoisotopic (exact) mass is 263 g/mol. The fourth-order valence-electron chi connectivity index (χ4n) is 1.11. The van der Waals surface area contributed by atoms with Crippen molar-refractivity contribution in [1.29, 1.82) is 0 Å². The molecule has 1 amide bonds. The van der Waals surface area contributed by atoms with Crippen molar-refractivity contribution in [3.8, 4) is 0 Å². The molecule has 0 saturated carbocycles.